The molecule has 0 unspecified atom stereocenters. The minimum Gasteiger partial charge on any atom is -0.482 e. The molecule has 4 rings (SSSR count). The molecule has 32 heavy (non-hydrogen) atoms. The van der Waals surface area contributed by atoms with Gasteiger partial charge in [-0.05, 0) is 44.5 Å². The van der Waals surface area contributed by atoms with Gasteiger partial charge in [-0.3, -0.25) is 14.5 Å². The first-order valence-electron chi connectivity index (χ1n) is 10.3. The lowest BCUT2D eigenvalue weighted by molar-refractivity contribution is -0.121. The first kappa shape index (κ1) is 21.9. The average molecular weight is 452 g/mol. The van der Waals surface area contributed by atoms with Gasteiger partial charge in [0.1, 0.15) is 5.75 Å². The summed E-state index contributed by atoms with van der Waals surface area (Å²) in [5, 5.41) is 12.1. The zero-order valence-corrected chi connectivity index (χ0v) is 19.3. The van der Waals surface area contributed by atoms with E-state index in [9.17, 15) is 9.59 Å². The van der Waals surface area contributed by atoms with Crippen LogP contribution in [0.3, 0.4) is 0 Å². The van der Waals surface area contributed by atoms with Gasteiger partial charge in [0.15, 0.2) is 17.6 Å². The number of hydrogen-bond donors (Lipinski definition) is 1. The minimum atomic E-state index is -0.344. The summed E-state index contributed by atoms with van der Waals surface area (Å²) >= 11 is 1.30. The van der Waals surface area contributed by atoms with E-state index in [4.69, 9.17) is 4.74 Å². The largest absolute Gasteiger partial charge is 0.482 e. The van der Waals surface area contributed by atoms with Gasteiger partial charge in [0.05, 0.1) is 17.5 Å². The number of nitrogens with zero attached hydrogens (tertiary/aromatic N) is 4. The molecule has 166 valence electrons. The van der Waals surface area contributed by atoms with Gasteiger partial charge in [0.25, 0.3) is 5.91 Å². The predicted octanol–water partition coefficient (Wildman–Crippen LogP) is 3.65. The maximum Gasteiger partial charge on any atom is 0.265 e. The number of carbonyl (C=O) groups excluding carboxylic acids is 2. The Morgan fingerprint density at radius 2 is 2.00 bits per heavy atom. The fourth-order valence-corrected chi connectivity index (χ4v) is 4.47. The molecule has 2 aromatic carbocycles. The van der Waals surface area contributed by atoms with Gasteiger partial charge >= 0.3 is 0 Å². The van der Waals surface area contributed by atoms with E-state index in [-0.39, 0.29) is 30.2 Å². The average Bonchev–Trinajstić information content (AvgIpc) is 3.14. The van der Waals surface area contributed by atoms with Crippen LogP contribution in [0, 0.1) is 13.8 Å². The SMILES string of the molecule is Cc1ccc(NC(=O)CSc2nnc([C@H](C)N3C(=O)COc4ccccc43)n2C)c(C)c1. The van der Waals surface area contributed by atoms with Gasteiger partial charge in [-0.2, -0.15) is 0 Å². The number of benzene rings is 2. The fraction of sp³-hybridized carbons (Fsp3) is 0.304. The molecule has 0 saturated carbocycles. The molecule has 0 fully saturated rings. The van der Waals surface area contributed by atoms with Crippen LogP contribution in [0.15, 0.2) is 47.6 Å². The number of thioether (sulfide) groups is 1. The molecule has 1 aliphatic rings. The number of amides is 2. The molecule has 2 heterocycles. The van der Waals surface area contributed by atoms with Crippen LogP contribution in [-0.2, 0) is 16.6 Å². The number of rotatable bonds is 6. The van der Waals surface area contributed by atoms with Crippen LogP contribution in [0.25, 0.3) is 0 Å². The van der Waals surface area contributed by atoms with Crippen LogP contribution in [-0.4, -0.2) is 38.9 Å². The highest BCUT2D eigenvalue weighted by Gasteiger charge is 2.32. The Bertz CT molecular complexity index is 1180. The zero-order chi connectivity index (χ0) is 22.8. The van der Waals surface area contributed by atoms with E-state index in [0.29, 0.717) is 22.4 Å². The molecule has 1 atom stereocenters. The van der Waals surface area contributed by atoms with Crippen molar-refractivity contribution < 1.29 is 14.3 Å². The highest BCUT2D eigenvalue weighted by Crippen LogP contribution is 2.37. The van der Waals surface area contributed by atoms with Gasteiger partial charge in [0.2, 0.25) is 5.91 Å². The zero-order valence-electron chi connectivity index (χ0n) is 18.5. The Balaban J connectivity index is 1.45. The summed E-state index contributed by atoms with van der Waals surface area (Å²) in [6, 6.07) is 13.0. The Morgan fingerprint density at radius 1 is 1.22 bits per heavy atom. The number of para-hydroxylation sites is 2. The Labute approximate surface area is 191 Å². The van der Waals surface area contributed by atoms with Gasteiger partial charge in [-0.1, -0.05) is 41.6 Å². The quantitative estimate of drug-likeness (QED) is 0.576. The number of hydrogen-bond acceptors (Lipinski definition) is 6. The smallest absolute Gasteiger partial charge is 0.265 e. The van der Waals surface area contributed by atoms with Crippen molar-refractivity contribution in [1.29, 1.82) is 0 Å². The van der Waals surface area contributed by atoms with E-state index in [2.05, 4.69) is 15.5 Å². The number of carbonyl (C=O) groups is 2. The van der Waals surface area contributed by atoms with E-state index in [1.54, 1.807) is 4.90 Å². The van der Waals surface area contributed by atoms with Crippen molar-refractivity contribution in [3.05, 3.63) is 59.4 Å². The third-order valence-corrected chi connectivity index (χ3v) is 6.38. The van der Waals surface area contributed by atoms with Crippen LogP contribution in [0.1, 0.15) is 29.9 Å². The number of aryl methyl sites for hydroxylation is 2. The van der Waals surface area contributed by atoms with Crippen LogP contribution >= 0.6 is 11.8 Å². The normalized spacial score (nSPS) is 14.0. The first-order chi connectivity index (χ1) is 15.3. The summed E-state index contributed by atoms with van der Waals surface area (Å²) in [6.07, 6.45) is 0. The van der Waals surface area contributed by atoms with Crippen molar-refractivity contribution in [3.63, 3.8) is 0 Å². The maximum absolute atomic E-state index is 12.6. The topological polar surface area (TPSA) is 89.3 Å². The molecular formula is C23H25N5O3S. The molecule has 8 nitrogen and oxygen atoms in total. The fourth-order valence-electron chi connectivity index (χ4n) is 3.75. The number of ether oxygens (including phenoxy) is 1. The van der Waals surface area contributed by atoms with Crippen LogP contribution in [0.5, 0.6) is 5.75 Å². The molecule has 0 spiro atoms. The van der Waals surface area contributed by atoms with Crippen molar-refractivity contribution in [3.8, 4) is 5.75 Å². The Hall–Kier alpha value is -3.33. The summed E-state index contributed by atoms with van der Waals surface area (Å²) in [5.74, 6) is 1.25. The molecule has 3 aromatic rings. The molecule has 9 heteroatoms. The predicted molar refractivity (Wildman–Crippen MR) is 124 cm³/mol. The lowest BCUT2D eigenvalue weighted by atomic mass is 10.1. The standard InChI is InChI=1S/C23H25N5O3S/c1-14-9-10-17(15(2)11-14)24-20(29)13-32-23-26-25-22(27(23)4)16(3)28-18-7-5-6-8-19(18)31-12-21(28)30/h5-11,16H,12-13H2,1-4H3,(H,24,29)/t16-/m0/s1. The van der Waals surface area contributed by atoms with Crippen molar-refractivity contribution in [2.45, 2.75) is 32.0 Å². The lowest BCUT2D eigenvalue weighted by Gasteiger charge is -2.33. The third kappa shape index (κ3) is 4.34. The van der Waals surface area contributed by atoms with E-state index in [1.165, 1.54) is 11.8 Å². The second kappa shape index (κ2) is 9.04. The van der Waals surface area contributed by atoms with Crippen molar-refractivity contribution in [1.82, 2.24) is 14.8 Å². The van der Waals surface area contributed by atoms with E-state index < -0.39 is 0 Å². The van der Waals surface area contributed by atoms with Gasteiger partial charge in [0, 0.05) is 12.7 Å². The van der Waals surface area contributed by atoms with E-state index in [1.807, 2.05) is 74.9 Å². The highest BCUT2D eigenvalue weighted by atomic mass is 32.2. The maximum atomic E-state index is 12.6. The van der Waals surface area contributed by atoms with E-state index in [0.717, 1.165) is 16.8 Å². The first-order valence-corrected chi connectivity index (χ1v) is 11.3. The third-order valence-electron chi connectivity index (χ3n) is 5.36. The van der Waals surface area contributed by atoms with Gasteiger partial charge in [-0.25, -0.2) is 0 Å². The summed E-state index contributed by atoms with van der Waals surface area (Å²) in [5.41, 5.74) is 3.69. The summed E-state index contributed by atoms with van der Waals surface area (Å²) in [4.78, 5) is 26.7. The van der Waals surface area contributed by atoms with Gasteiger partial charge < -0.3 is 14.6 Å². The van der Waals surface area contributed by atoms with Gasteiger partial charge in [-0.15, -0.1) is 10.2 Å². The van der Waals surface area contributed by atoms with Crippen LogP contribution < -0.4 is 15.0 Å². The second-order valence-corrected chi connectivity index (χ2v) is 8.69. The van der Waals surface area contributed by atoms with Crippen molar-refractivity contribution in [2.24, 2.45) is 7.05 Å². The summed E-state index contributed by atoms with van der Waals surface area (Å²) < 4.78 is 7.36. The number of nitrogens with one attached hydrogen (secondary N) is 1. The molecule has 1 N–H and O–H groups in total. The molecule has 1 aliphatic heterocycles. The summed E-state index contributed by atoms with van der Waals surface area (Å²) in [7, 11) is 1.84. The molecule has 0 bridgehead atoms. The molecular weight excluding hydrogens is 426 g/mol. The van der Waals surface area contributed by atoms with Crippen molar-refractivity contribution >= 4 is 35.0 Å². The minimum absolute atomic E-state index is 0.0145. The highest BCUT2D eigenvalue weighted by molar-refractivity contribution is 7.99. The number of anilines is 2. The molecule has 0 radical (unpaired) electrons. The number of fused-ring (bicyclic) bond motifs is 1. The summed E-state index contributed by atoms with van der Waals surface area (Å²) in [6.45, 7) is 5.88. The molecule has 0 aliphatic carbocycles. The van der Waals surface area contributed by atoms with Crippen LogP contribution in [0.2, 0.25) is 0 Å². The van der Waals surface area contributed by atoms with Crippen molar-refractivity contribution in [2.75, 3.05) is 22.6 Å². The molecule has 1 aromatic heterocycles. The van der Waals surface area contributed by atoms with Crippen LogP contribution in [0.4, 0.5) is 11.4 Å². The number of aromatic nitrogens is 3. The Kier molecular flexibility index (Phi) is 6.18. The molecule has 2 amide bonds. The lowest BCUT2D eigenvalue weighted by Crippen LogP contribution is -2.41. The second-order valence-electron chi connectivity index (χ2n) is 7.75. The Morgan fingerprint density at radius 3 is 2.78 bits per heavy atom. The molecule has 0 saturated heterocycles. The van der Waals surface area contributed by atoms with E-state index >= 15 is 0 Å². The monoisotopic (exact) mass is 451 g/mol.